The number of rotatable bonds is 5. The van der Waals surface area contributed by atoms with E-state index in [2.05, 4.69) is 5.32 Å². The van der Waals surface area contributed by atoms with Crippen LogP contribution in [0.4, 0.5) is 4.79 Å². The number of ether oxygens (including phenoxy) is 1. The summed E-state index contributed by atoms with van der Waals surface area (Å²) in [6.45, 7) is 2.15. The number of nitrogens with one attached hydrogen (secondary N) is 1. The molecule has 0 spiro atoms. The maximum absolute atomic E-state index is 12.2. The smallest absolute Gasteiger partial charge is 0.405 e. The number of Topliss-reactive ketones (excluding diaryl/α,β-unsaturated/α-hetero) is 1. The number of carboxylic acid groups (broad SMARTS) is 1. The van der Waals surface area contributed by atoms with E-state index in [0.29, 0.717) is 18.9 Å². The molecule has 0 bridgehead atoms. The molecule has 18 heavy (non-hydrogen) atoms. The molecule has 0 aromatic heterocycles. The summed E-state index contributed by atoms with van der Waals surface area (Å²) in [5.41, 5.74) is -0.741. The van der Waals surface area contributed by atoms with E-state index in [4.69, 9.17) is 9.84 Å². The molecule has 1 heterocycles. The summed E-state index contributed by atoms with van der Waals surface area (Å²) in [6.07, 6.45) is 3.17. The van der Waals surface area contributed by atoms with Crippen LogP contribution >= 0.6 is 0 Å². The molecule has 0 aromatic rings. The van der Waals surface area contributed by atoms with Crippen molar-refractivity contribution < 1.29 is 19.4 Å². The predicted octanol–water partition coefficient (Wildman–Crippen LogP) is 1.42. The van der Waals surface area contributed by atoms with Gasteiger partial charge in [0.1, 0.15) is 5.60 Å². The summed E-state index contributed by atoms with van der Waals surface area (Å²) in [5, 5.41) is 11.2. The van der Waals surface area contributed by atoms with Crippen LogP contribution in [0.25, 0.3) is 0 Å². The Morgan fingerprint density at radius 3 is 2.50 bits per heavy atom. The lowest BCUT2D eigenvalue weighted by Gasteiger charge is -2.21. The highest BCUT2D eigenvalue weighted by Gasteiger charge is 2.52. The zero-order valence-electron chi connectivity index (χ0n) is 10.5. The monoisotopic (exact) mass is 253 g/mol. The summed E-state index contributed by atoms with van der Waals surface area (Å²) < 4.78 is 5.13. The van der Waals surface area contributed by atoms with E-state index >= 15 is 0 Å². The quantitative estimate of drug-likeness (QED) is 0.726. The van der Waals surface area contributed by atoms with Crippen molar-refractivity contribution in [3.63, 3.8) is 0 Å². The maximum atomic E-state index is 12.2. The predicted molar refractivity (Wildman–Crippen MR) is 63.3 cm³/mol. The van der Waals surface area contributed by atoms with Gasteiger partial charge in [0.15, 0.2) is 5.78 Å². The molecule has 100 valence electrons. The number of hydrogen-bond donors (Lipinski definition) is 2. The number of carbonyl (C=O) groups is 2. The minimum atomic E-state index is -1.12. The first-order valence-corrected chi connectivity index (χ1v) is 6.65. The lowest BCUT2D eigenvalue weighted by atomic mass is 9.89. The Bertz CT molecular complexity index is 380. The van der Waals surface area contributed by atoms with Crippen LogP contribution in [0.3, 0.4) is 0 Å². The normalized spacial score (nSPS) is 41.9. The molecular formula is C13H19NO4. The minimum Gasteiger partial charge on any atom is -0.465 e. The van der Waals surface area contributed by atoms with E-state index in [1.54, 1.807) is 6.92 Å². The van der Waals surface area contributed by atoms with Gasteiger partial charge in [0.05, 0.1) is 12.6 Å². The van der Waals surface area contributed by atoms with E-state index < -0.39 is 17.7 Å². The number of fused-ring (bicyclic) bond motifs is 1. The van der Waals surface area contributed by atoms with Crippen LogP contribution < -0.4 is 5.32 Å². The Morgan fingerprint density at radius 1 is 1.39 bits per heavy atom. The second kappa shape index (κ2) is 3.95. The third kappa shape index (κ3) is 2.23. The average molecular weight is 253 g/mol. The standard InChI is InChI=1S/C13H19NO4/c1-13(6-18-13)11(15)10(14-12(16)17)4-7-2-8-5-9(8)3-7/h7-10,14H,2-6H2,1H3,(H,16,17)/t7-,8-,9+,10-,13-/m1/s1. The van der Waals surface area contributed by atoms with E-state index in [1.807, 2.05) is 0 Å². The Hall–Kier alpha value is -1.10. The van der Waals surface area contributed by atoms with Crippen LogP contribution in [0.5, 0.6) is 0 Å². The Kier molecular flexibility index (Phi) is 2.62. The molecule has 0 radical (unpaired) electrons. The van der Waals surface area contributed by atoms with Gasteiger partial charge in [-0.3, -0.25) is 4.79 Å². The van der Waals surface area contributed by atoms with Crippen LogP contribution in [0, 0.1) is 17.8 Å². The van der Waals surface area contributed by atoms with Crippen LogP contribution in [0.15, 0.2) is 0 Å². The molecule has 1 aliphatic heterocycles. The zero-order valence-corrected chi connectivity index (χ0v) is 10.5. The third-order valence-corrected chi connectivity index (χ3v) is 4.62. The van der Waals surface area contributed by atoms with Crippen molar-refractivity contribution in [1.82, 2.24) is 5.32 Å². The summed E-state index contributed by atoms with van der Waals surface area (Å²) in [7, 11) is 0. The van der Waals surface area contributed by atoms with Gasteiger partial charge in [-0.25, -0.2) is 4.79 Å². The number of epoxide rings is 1. The van der Waals surface area contributed by atoms with E-state index in [-0.39, 0.29) is 5.78 Å². The van der Waals surface area contributed by atoms with Gasteiger partial charge in [0.25, 0.3) is 0 Å². The summed E-state index contributed by atoms with van der Waals surface area (Å²) in [5.74, 6) is 2.09. The van der Waals surface area contributed by atoms with Crippen molar-refractivity contribution in [1.29, 1.82) is 0 Å². The molecule has 5 heteroatoms. The second-order valence-electron chi connectivity index (χ2n) is 6.21. The highest BCUT2D eigenvalue weighted by molar-refractivity contribution is 5.95. The van der Waals surface area contributed by atoms with Crippen molar-refractivity contribution in [2.75, 3.05) is 6.61 Å². The SMILES string of the molecule is C[C@]1(C(=O)[C@@H](C[C@@H]2C[C@@H]3C[C@@H]3C2)NC(=O)O)CO1. The van der Waals surface area contributed by atoms with Gasteiger partial charge >= 0.3 is 6.09 Å². The van der Waals surface area contributed by atoms with E-state index in [1.165, 1.54) is 6.42 Å². The van der Waals surface area contributed by atoms with E-state index in [0.717, 1.165) is 24.7 Å². The Labute approximate surface area is 106 Å². The molecule has 5 nitrogen and oxygen atoms in total. The molecule has 2 N–H and O–H groups in total. The van der Waals surface area contributed by atoms with Crippen LogP contribution in [0.1, 0.15) is 32.6 Å². The van der Waals surface area contributed by atoms with Crippen LogP contribution in [-0.2, 0) is 9.53 Å². The fourth-order valence-electron chi connectivity index (χ4n) is 3.37. The van der Waals surface area contributed by atoms with Crippen LogP contribution in [0.2, 0.25) is 0 Å². The number of carbonyl (C=O) groups excluding carboxylic acids is 1. The molecule has 0 unspecified atom stereocenters. The highest BCUT2D eigenvalue weighted by atomic mass is 16.6. The summed E-state index contributed by atoms with van der Waals surface area (Å²) in [6, 6.07) is -0.600. The lowest BCUT2D eigenvalue weighted by Crippen LogP contribution is -2.46. The molecule has 1 amide bonds. The molecule has 3 rings (SSSR count). The number of hydrogen-bond acceptors (Lipinski definition) is 3. The van der Waals surface area contributed by atoms with Crippen molar-refractivity contribution in [3.05, 3.63) is 0 Å². The first-order chi connectivity index (χ1) is 8.48. The summed E-state index contributed by atoms with van der Waals surface area (Å²) >= 11 is 0. The van der Waals surface area contributed by atoms with Gasteiger partial charge in [-0.2, -0.15) is 0 Å². The van der Waals surface area contributed by atoms with Gasteiger partial charge < -0.3 is 15.2 Å². The van der Waals surface area contributed by atoms with Crippen LogP contribution in [-0.4, -0.2) is 35.2 Å². The number of ketones is 1. The van der Waals surface area contributed by atoms with Gasteiger partial charge in [-0.1, -0.05) is 0 Å². The van der Waals surface area contributed by atoms with Crippen molar-refractivity contribution in [2.24, 2.45) is 17.8 Å². The van der Waals surface area contributed by atoms with E-state index in [9.17, 15) is 9.59 Å². The second-order valence-corrected chi connectivity index (χ2v) is 6.21. The first kappa shape index (κ1) is 12.0. The van der Waals surface area contributed by atoms with Crippen molar-refractivity contribution >= 4 is 11.9 Å². The fourth-order valence-corrected chi connectivity index (χ4v) is 3.37. The van der Waals surface area contributed by atoms with Crippen molar-refractivity contribution in [2.45, 2.75) is 44.2 Å². The number of amides is 1. The molecular weight excluding hydrogens is 234 g/mol. The molecule has 2 aliphatic carbocycles. The highest BCUT2D eigenvalue weighted by Crippen LogP contribution is 2.55. The molecule has 5 atom stereocenters. The average Bonchev–Trinajstić information content (AvgIpc) is 3.18. The molecule has 0 aromatic carbocycles. The van der Waals surface area contributed by atoms with Crippen molar-refractivity contribution in [3.8, 4) is 0 Å². The van der Waals surface area contributed by atoms with Gasteiger partial charge in [0, 0.05) is 0 Å². The van der Waals surface area contributed by atoms with Gasteiger partial charge in [-0.05, 0) is 50.4 Å². The summed E-state index contributed by atoms with van der Waals surface area (Å²) in [4.78, 5) is 23.0. The topological polar surface area (TPSA) is 78.9 Å². The fraction of sp³-hybridized carbons (Fsp3) is 0.846. The lowest BCUT2D eigenvalue weighted by molar-refractivity contribution is -0.126. The largest absolute Gasteiger partial charge is 0.465 e. The molecule has 3 fully saturated rings. The molecule has 2 saturated carbocycles. The Morgan fingerprint density at radius 2 is 2.00 bits per heavy atom. The van der Waals surface area contributed by atoms with Gasteiger partial charge in [-0.15, -0.1) is 0 Å². The first-order valence-electron chi connectivity index (χ1n) is 6.65. The Balaban J connectivity index is 1.61. The zero-order chi connectivity index (χ0) is 12.9. The third-order valence-electron chi connectivity index (χ3n) is 4.62. The maximum Gasteiger partial charge on any atom is 0.405 e. The minimum absolute atomic E-state index is 0.106. The van der Waals surface area contributed by atoms with Gasteiger partial charge in [0.2, 0.25) is 0 Å². The molecule has 3 aliphatic rings. The molecule has 1 saturated heterocycles.